The summed E-state index contributed by atoms with van der Waals surface area (Å²) < 4.78 is 5.11. The van der Waals surface area contributed by atoms with Gasteiger partial charge in [-0.25, -0.2) is 4.79 Å². The van der Waals surface area contributed by atoms with Crippen LogP contribution in [0.15, 0.2) is 34.9 Å². The fourth-order valence-corrected chi connectivity index (χ4v) is 2.71. The number of aryl methyl sites for hydroxylation is 1. The molecule has 1 aromatic heterocycles. The van der Waals surface area contributed by atoms with E-state index in [0.29, 0.717) is 5.02 Å². The number of likely N-dealkylation sites (tertiary alicyclic amines) is 1. The molecule has 1 saturated heterocycles. The van der Waals surface area contributed by atoms with Crippen LogP contribution in [0.4, 0.5) is 10.5 Å². The number of nitrogens with one attached hydrogen (secondary N) is 1. The molecule has 1 aromatic carbocycles. The topological polar surface area (TPSA) is 58.4 Å². The number of benzene rings is 1. The van der Waals surface area contributed by atoms with E-state index in [1.165, 1.54) is 0 Å². The van der Waals surface area contributed by atoms with Gasteiger partial charge in [-0.2, -0.15) is 0 Å². The average molecular weight is 306 g/mol. The highest BCUT2D eigenvalue weighted by Crippen LogP contribution is 2.32. The molecular weight excluding hydrogens is 290 g/mol. The second-order valence-electron chi connectivity index (χ2n) is 5.15. The van der Waals surface area contributed by atoms with Gasteiger partial charge in [-0.3, -0.25) is 0 Å². The highest BCUT2D eigenvalue weighted by molar-refractivity contribution is 6.30. The van der Waals surface area contributed by atoms with Crippen LogP contribution >= 0.6 is 11.6 Å². The van der Waals surface area contributed by atoms with Crippen molar-refractivity contribution in [2.45, 2.75) is 25.8 Å². The standard InChI is InChI=1S/C15H16ClN3O2/c1-10-9-13(18-21-10)14-3-2-8-19(14)15(20)17-12-6-4-11(16)5-7-12/h4-7,9,14H,2-3,8H2,1H3,(H,17,20). The normalized spacial score (nSPS) is 18.0. The maximum absolute atomic E-state index is 12.4. The Labute approximate surface area is 127 Å². The van der Waals surface area contributed by atoms with E-state index in [2.05, 4.69) is 10.5 Å². The Balaban J connectivity index is 1.72. The largest absolute Gasteiger partial charge is 0.361 e. The molecule has 1 aliphatic heterocycles. The molecule has 1 aliphatic rings. The molecule has 1 atom stereocenters. The molecule has 0 bridgehead atoms. The van der Waals surface area contributed by atoms with E-state index in [0.717, 1.165) is 36.5 Å². The molecule has 1 unspecified atom stereocenters. The van der Waals surface area contributed by atoms with Gasteiger partial charge in [-0.05, 0) is 44.0 Å². The zero-order chi connectivity index (χ0) is 14.8. The van der Waals surface area contributed by atoms with Gasteiger partial charge in [0.1, 0.15) is 11.5 Å². The molecule has 2 heterocycles. The first-order chi connectivity index (χ1) is 10.1. The quantitative estimate of drug-likeness (QED) is 0.912. The minimum atomic E-state index is -0.125. The summed E-state index contributed by atoms with van der Waals surface area (Å²) in [6, 6.07) is 8.81. The number of halogens is 1. The van der Waals surface area contributed by atoms with Crippen molar-refractivity contribution in [3.05, 3.63) is 46.8 Å². The molecule has 110 valence electrons. The Kier molecular flexibility index (Phi) is 3.84. The Bertz CT molecular complexity index is 639. The Morgan fingerprint density at radius 2 is 2.19 bits per heavy atom. The third-order valence-corrected chi connectivity index (χ3v) is 3.85. The lowest BCUT2D eigenvalue weighted by Crippen LogP contribution is -2.34. The van der Waals surface area contributed by atoms with Gasteiger partial charge in [-0.15, -0.1) is 0 Å². The molecule has 3 rings (SSSR count). The predicted octanol–water partition coefficient (Wildman–Crippen LogP) is 4.01. The summed E-state index contributed by atoms with van der Waals surface area (Å²) in [5.41, 5.74) is 1.54. The fraction of sp³-hybridized carbons (Fsp3) is 0.333. The van der Waals surface area contributed by atoms with Crippen LogP contribution < -0.4 is 5.32 Å². The second-order valence-corrected chi connectivity index (χ2v) is 5.59. The summed E-state index contributed by atoms with van der Waals surface area (Å²) in [6.07, 6.45) is 1.87. The Morgan fingerprint density at radius 1 is 1.43 bits per heavy atom. The molecule has 0 spiro atoms. The molecular formula is C15H16ClN3O2. The number of anilines is 1. The van der Waals surface area contributed by atoms with Crippen LogP contribution in [0, 0.1) is 6.92 Å². The van der Waals surface area contributed by atoms with E-state index in [9.17, 15) is 4.79 Å². The van der Waals surface area contributed by atoms with Crippen LogP contribution in [-0.2, 0) is 0 Å². The third-order valence-electron chi connectivity index (χ3n) is 3.60. The SMILES string of the molecule is Cc1cc(C2CCCN2C(=O)Nc2ccc(Cl)cc2)no1. The first kappa shape index (κ1) is 13.9. The number of hydrogen-bond acceptors (Lipinski definition) is 3. The summed E-state index contributed by atoms with van der Waals surface area (Å²) in [4.78, 5) is 14.2. The summed E-state index contributed by atoms with van der Waals surface area (Å²) in [7, 11) is 0. The summed E-state index contributed by atoms with van der Waals surface area (Å²) in [6.45, 7) is 2.57. The average Bonchev–Trinajstić information content (AvgIpc) is 3.09. The van der Waals surface area contributed by atoms with Gasteiger partial charge in [0, 0.05) is 23.3 Å². The zero-order valence-electron chi connectivity index (χ0n) is 11.7. The van der Waals surface area contributed by atoms with Gasteiger partial charge in [0.05, 0.1) is 6.04 Å². The first-order valence-electron chi connectivity index (χ1n) is 6.90. The highest BCUT2D eigenvalue weighted by atomic mass is 35.5. The number of rotatable bonds is 2. The second kappa shape index (κ2) is 5.77. The van der Waals surface area contributed by atoms with Crippen molar-refractivity contribution < 1.29 is 9.32 Å². The number of aromatic nitrogens is 1. The molecule has 6 heteroatoms. The summed E-state index contributed by atoms with van der Waals surface area (Å²) in [5.74, 6) is 0.759. The molecule has 21 heavy (non-hydrogen) atoms. The van der Waals surface area contributed by atoms with Crippen LogP contribution in [0.5, 0.6) is 0 Å². The lowest BCUT2D eigenvalue weighted by atomic mass is 10.1. The molecule has 2 amide bonds. The third kappa shape index (κ3) is 3.03. The maximum atomic E-state index is 12.4. The van der Waals surface area contributed by atoms with Crippen molar-refractivity contribution in [2.75, 3.05) is 11.9 Å². The lowest BCUT2D eigenvalue weighted by Gasteiger charge is -2.23. The predicted molar refractivity (Wildman–Crippen MR) is 80.4 cm³/mol. The van der Waals surface area contributed by atoms with E-state index in [4.69, 9.17) is 16.1 Å². The van der Waals surface area contributed by atoms with E-state index >= 15 is 0 Å². The number of carbonyl (C=O) groups excluding carboxylic acids is 1. The molecule has 5 nitrogen and oxygen atoms in total. The molecule has 1 fully saturated rings. The smallest absolute Gasteiger partial charge is 0.322 e. The fourth-order valence-electron chi connectivity index (χ4n) is 2.59. The molecule has 0 saturated carbocycles. The highest BCUT2D eigenvalue weighted by Gasteiger charge is 2.32. The zero-order valence-corrected chi connectivity index (χ0v) is 12.4. The summed E-state index contributed by atoms with van der Waals surface area (Å²) in [5, 5.41) is 7.57. The van der Waals surface area contributed by atoms with E-state index in [1.807, 2.05) is 13.0 Å². The molecule has 0 aliphatic carbocycles. The van der Waals surface area contributed by atoms with Crippen molar-refractivity contribution in [3.63, 3.8) is 0 Å². The maximum Gasteiger partial charge on any atom is 0.322 e. The molecule has 0 radical (unpaired) electrons. The van der Waals surface area contributed by atoms with Gasteiger partial charge in [0.15, 0.2) is 0 Å². The van der Waals surface area contributed by atoms with E-state index in [1.54, 1.807) is 29.2 Å². The van der Waals surface area contributed by atoms with Gasteiger partial charge >= 0.3 is 6.03 Å². The minimum Gasteiger partial charge on any atom is -0.361 e. The monoisotopic (exact) mass is 305 g/mol. The first-order valence-corrected chi connectivity index (χ1v) is 7.28. The van der Waals surface area contributed by atoms with Crippen LogP contribution in [0.1, 0.15) is 30.3 Å². The number of urea groups is 1. The van der Waals surface area contributed by atoms with Crippen molar-refractivity contribution in [3.8, 4) is 0 Å². The number of nitrogens with zero attached hydrogens (tertiary/aromatic N) is 2. The van der Waals surface area contributed by atoms with Gasteiger partial charge in [-0.1, -0.05) is 16.8 Å². The van der Waals surface area contributed by atoms with Gasteiger partial charge in [0.25, 0.3) is 0 Å². The van der Waals surface area contributed by atoms with Crippen LogP contribution in [0.25, 0.3) is 0 Å². The molecule has 2 aromatic rings. The Morgan fingerprint density at radius 3 is 2.86 bits per heavy atom. The lowest BCUT2D eigenvalue weighted by molar-refractivity contribution is 0.204. The van der Waals surface area contributed by atoms with Crippen molar-refractivity contribution in [1.82, 2.24) is 10.1 Å². The summed E-state index contributed by atoms with van der Waals surface area (Å²) >= 11 is 5.84. The van der Waals surface area contributed by atoms with Gasteiger partial charge < -0.3 is 14.7 Å². The number of carbonyl (C=O) groups is 1. The van der Waals surface area contributed by atoms with Crippen LogP contribution in [0.3, 0.4) is 0 Å². The van der Waals surface area contributed by atoms with E-state index < -0.39 is 0 Å². The number of hydrogen-bond donors (Lipinski definition) is 1. The van der Waals surface area contributed by atoms with Crippen molar-refractivity contribution in [1.29, 1.82) is 0 Å². The van der Waals surface area contributed by atoms with Gasteiger partial charge in [0.2, 0.25) is 0 Å². The van der Waals surface area contributed by atoms with Crippen LogP contribution in [-0.4, -0.2) is 22.6 Å². The minimum absolute atomic E-state index is 0.0187. The number of amides is 2. The molecule has 1 N–H and O–H groups in total. The van der Waals surface area contributed by atoms with E-state index in [-0.39, 0.29) is 12.1 Å². The van der Waals surface area contributed by atoms with Crippen LogP contribution in [0.2, 0.25) is 5.02 Å². The Hall–Kier alpha value is -2.01. The van der Waals surface area contributed by atoms with Crippen molar-refractivity contribution in [2.24, 2.45) is 0 Å². The van der Waals surface area contributed by atoms with Crippen molar-refractivity contribution >= 4 is 23.3 Å².